The van der Waals surface area contributed by atoms with Gasteiger partial charge in [0.25, 0.3) is 0 Å². The summed E-state index contributed by atoms with van der Waals surface area (Å²) in [5.74, 6) is -1.28. The first-order valence-electron chi connectivity index (χ1n) is 6.80. The number of esters is 1. The van der Waals surface area contributed by atoms with Crippen LogP contribution in [0, 0.1) is 0 Å². The molecule has 0 bridgehead atoms. The number of aliphatic carboxylic acids is 1. The quantitative estimate of drug-likeness (QED) is 0.790. The van der Waals surface area contributed by atoms with Crippen molar-refractivity contribution in [1.82, 2.24) is 4.98 Å². The topological polar surface area (TPSA) is 97.8 Å². The van der Waals surface area contributed by atoms with Crippen molar-refractivity contribution in [3.05, 3.63) is 23.9 Å². The molecule has 0 aromatic carbocycles. The van der Waals surface area contributed by atoms with Gasteiger partial charge in [-0.25, -0.2) is 14.6 Å². The number of carboxylic acids is 1. The highest BCUT2D eigenvalue weighted by molar-refractivity contribution is 5.95. The molecule has 0 atom stereocenters. The molecule has 1 fully saturated rings. The Morgan fingerprint density at radius 2 is 2.19 bits per heavy atom. The lowest BCUT2D eigenvalue weighted by Crippen LogP contribution is -2.51. The molecule has 2 N–H and O–H groups in total. The minimum atomic E-state index is -1.17. The molecule has 21 heavy (non-hydrogen) atoms. The second-order valence-corrected chi connectivity index (χ2v) is 4.74. The summed E-state index contributed by atoms with van der Waals surface area (Å²) in [6, 6.07) is 3.16. The molecule has 1 aromatic rings. The standard InChI is InChI=1S/C14H18N2O5/c1-2-21-12(17)10-4-3-7-15-11(10)16-14(13(18)19)5-8-20-9-6-14/h3-4,7H,2,5-6,8-9H2,1H3,(H,15,16)(H,18,19). The van der Waals surface area contributed by atoms with Crippen LogP contribution in [0.15, 0.2) is 18.3 Å². The van der Waals surface area contributed by atoms with E-state index in [-0.39, 0.29) is 18.0 Å². The summed E-state index contributed by atoms with van der Waals surface area (Å²) in [6.07, 6.45) is 2.11. The van der Waals surface area contributed by atoms with E-state index >= 15 is 0 Å². The van der Waals surface area contributed by atoms with E-state index in [4.69, 9.17) is 9.47 Å². The zero-order valence-corrected chi connectivity index (χ0v) is 11.8. The molecule has 2 rings (SSSR count). The maximum atomic E-state index is 11.9. The van der Waals surface area contributed by atoms with E-state index in [1.54, 1.807) is 19.1 Å². The van der Waals surface area contributed by atoms with Crippen molar-refractivity contribution < 1.29 is 24.2 Å². The number of aromatic nitrogens is 1. The summed E-state index contributed by atoms with van der Waals surface area (Å²) in [6.45, 7) is 2.64. The number of carbonyl (C=O) groups is 2. The predicted octanol–water partition coefficient (Wildman–Crippen LogP) is 1.30. The van der Waals surface area contributed by atoms with Crippen molar-refractivity contribution >= 4 is 17.8 Å². The Labute approximate surface area is 122 Å². The number of pyridine rings is 1. The summed E-state index contributed by atoms with van der Waals surface area (Å²) < 4.78 is 10.2. The Kier molecular flexibility index (Phi) is 4.74. The second-order valence-electron chi connectivity index (χ2n) is 4.74. The molecule has 1 aromatic heterocycles. The normalized spacial score (nSPS) is 17.0. The van der Waals surface area contributed by atoms with Crippen LogP contribution in [0.3, 0.4) is 0 Å². The lowest BCUT2D eigenvalue weighted by molar-refractivity contribution is -0.145. The fourth-order valence-corrected chi connectivity index (χ4v) is 2.22. The summed E-state index contributed by atoms with van der Waals surface area (Å²) in [5.41, 5.74) is -0.945. The molecule has 7 nitrogen and oxygen atoms in total. The minimum absolute atomic E-state index is 0.222. The first-order chi connectivity index (χ1) is 10.1. The molecule has 0 radical (unpaired) electrons. The molecule has 0 amide bonds. The van der Waals surface area contributed by atoms with Gasteiger partial charge in [-0.15, -0.1) is 0 Å². The lowest BCUT2D eigenvalue weighted by atomic mass is 9.90. The highest BCUT2D eigenvalue weighted by Gasteiger charge is 2.41. The minimum Gasteiger partial charge on any atom is -0.480 e. The van der Waals surface area contributed by atoms with Crippen LogP contribution in [0.25, 0.3) is 0 Å². The van der Waals surface area contributed by atoms with Gasteiger partial charge in [0, 0.05) is 32.3 Å². The molecular formula is C14H18N2O5. The van der Waals surface area contributed by atoms with E-state index in [9.17, 15) is 14.7 Å². The highest BCUT2D eigenvalue weighted by Crippen LogP contribution is 2.27. The van der Waals surface area contributed by atoms with Gasteiger partial charge >= 0.3 is 11.9 Å². The summed E-state index contributed by atoms with van der Waals surface area (Å²) in [5, 5.41) is 12.4. The molecule has 2 heterocycles. The van der Waals surface area contributed by atoms with Crippen molar-refractivity contribution in [3.63, 3.8) is 0 Å². The van der Waals surface area contributed by atoms with Crippen molar-refractivity contribution in [2.24, 2.45) is 0 Å². The Morgan fingerprint density at radius 1 is 1.48 bits per heavy atom. The molecule has 114 valence electrons. The van der Waals surface area contributed by atoms with Crippen molar-refractivity contribution in [1.29, 1.82) is 0 Å². The van der Waals surface area contributed by atoms with Crippen LogP contribution < -0.4 is 5.32 Å². The Balaban J connectivity index is 2.29. The summed E-state index contributed by atoms with van der Waals surface area (Å²) in [4.78, 5) is 27.6. The fraction of sp³-hybridized carbons (Fsp3) is 0.500. The molecule has 1 saturated heterocycles. The number of hydrogen-bond acceptors (Lipinski definition) is 6. The third-order valence-corrected chi connectivity index (χ3v) is 3.42. The van der Waals surface area contributed by atoms with Crippen molar-refractivity contribution in [2.75, 3.05) is 25.1 Å². The monoisotopic (exact) mass is 294 g/mol. The third-order valence-electron chi connectivity index (χ3n) is 3.42. The van der Waals surface area contributed by atoms with Gasteiger partial charge in [-0.1, -0.05) is 0 Å². The number of carboxylic acid groups (broad SMARTS) is 1. The maximum absolute atomic E-state index is 11.9. The first kappa shape index (κ1) is 15.2. The fourth-order valence-electron chi connectivity index (χ4n) is 2.22. The van der Waals surface area contributed by atoms with E-state index in [1.807, 2.05) is 0 Å². The van der Waals surface area contributed by atoms with Gasteiger partial charge < -0.3 is 19.9 Å². The summed E-state index contributed by atoms with van der Waals surface area (Å²) >= 11 is 0. The number of ether oxygens (including phenoxy) is 2. The van der Waals surface area contributed by atoms with Crippen molar-refractivity contribution in [3.8, 4) is 0 Å². The van der Waals surface area contributed by atoms with Gasteiger partial charge in [0.1, 0.15) is 16.9 Å². The lowest BCUT2D eigenvalue weighted by Gasteiger charge is -2.34. The van der Waals surface area contributed by atoms with E-state index in [0.717, 1.165) is 0 Å². The van der Waals surface area contributed by atoms with Crippen LogP contribution in [0.1, 0.15) is 30.1 Å². The van der Waals surface area contributed by atoms with E-state index in [0.29, 0.717) is 26.1 Å². The second kappa shape index (κ2) is 6.53. The number of carbonyl (C=O) groups excluding carboxylic acids is 1. The third kappa shape index (κ3) is 3.30. The number of nitrogens with zero attached hydrogens (tertiary/aromatic N) is 1. The highest BCUT2D eigenvalue weighted by atomic mass is 16.5. The van der Waals surface area contributed by atoms with Crippen LogP contribution in [0.5, 0.6) is 0 Å². The van der Waals surface area contributed by atoms with Gasteiger partial charge in [-0.3, -0.25) is 0 Å². The molecule has 7 heteroatoms. The molecule has 0 spiro atoms. The predicted molar refractivity (Wildman–Crippen MR) is 74.2 cm³/mol. The Morgan fingerprint density at radius 3 is 2.81 bits per heavy atom. The molecular weight excluding hydrogens is 276 g/mol. The van der Waals surface area contributed by atoms with Crippen LogP contribution in [-0.2, 0) is 14.3 Å². The first-order valence-corrected chi connectivity index (χ1v) is 6.80. The van der Waals surface area contributed by atoms with Crippen molar-refractivity contribution in [2.45, 2.75) is 25.3 Å². The van der Waals surface area contributed by atoms with Crippen LogP contribution in [-0.4, -0.2) is 47.4 Å². The molecule has 0 unspecified atom stereocenters. The number of rotatable bonds is 5. The summed E-state index contributed by atoms with van der Waals surface area (Å²) in [7, 11) is 0. The van der Waals surface area contributed by atoms with Gasteiger partial charge in [-0.05, 0) is 19.1 Å². The SMILES string of the molecule is CCOC(=O)c1cccnc1NC1(C(=O)O)CCOCC1. The number of anilines is 1. The Bertz CT molecular complexity index is 526. The van der Waals surface area contributed by atoms with Gasteiger partial charge in [0.2, 0.25) is 0 Å². The number of hydrogen-bond donors (Lipinski definition) is 2. The molecule has 1 aliphatic rings. The van der Waals surface area contributed by atoms with Crippen LogP contribution >= 0.6 is 0 Å². The largest absolute Gasteiger partial charge is 0.480 e. The molecule has 0 aliphatic carbocycles. The molecule has 1 aliphatic heterocycles. The molecule has 0 saturated carbocycles. The maximum Gasteiger partial charge on any atom is 0.341 e. The van der Waals surface area contributed by atoms with Crippen LogP contribution in [0.4, 0.5) is 5.82 Å². The van der Waals surface area contributed by atoms with E-state index in [1.165, 1.54) is 6.20 Å². The number of nitrogens with one attached hydrogen (secondary N) is 1. The van der Waals surface area contributed by atoms with E-state index in [2.05, 4.69) is 10.3 Å². The zero-order chi connectivity index (χ0) is 15.3. The van der Waals surface area contributed by atoms with Gasteiger partial charge in [-0.2, -0.15) is 0 Å². The Hall–Kier alpha value is -2.15. The average Bonchev–Trinajstić information content (AvgIpc) is 2.49. The zero-order valence-electron chi connectivity index (χ0n) is 11.8. The average molecular weight is 294 g/mol. The van der Waals surface area contributed by atoms with Gasteiger partial charge in [0.05, 0.1) is 6.61 Å². The smallest absolute Gasteiger partial charge is 0.341 e. The van der Waals surface area contributed by atoms with E-state index < -0.39 is 17.5 Å². The van der Waals surface area contributed by atoms with Gasteiger partial charge in [0.15, 0.2) is 0 Å². The van der Waals surface area contributed by atoms with Crippen LogP contribution in [0.2, 0.25) is 0 Å².